The fraction of sp³-hybridized carbons (Fsp3) is 0.579. The molecule has 1 aromatic rings. The smallest absolute Gasteiger partial charge is 0.239 e. The summed E-state index contributed by atoms with van der Waals surface area (Å²) >= 11 is 0. The van der Waals surface area contributed by atoms with E-state index in [-0.39, 0.29) is 29.9 Å². The second kappa shape index (κ2) is 12.0. The molecule has 0 saturated carbocycles. The Morgan fingerprint density at radius 1 is 1.23 bits per heavy atom. The number of nitrogens with one attached hydrogen (secondary N) is 3. The molecule has 146 valence electrons. The van der Waals surface area contributed by atoms with Gasteiger partial charge in [-0.3, -0.25) is 9.79 Å². The molecule has 1 amide bonds. The highest BCUT2D eigenvalue weighted by atomic mass is 127. The van der Waals surface area contributed by atoms with Crippen LogP contribution in [-0.4, -0.2) is 45.1 Å². The Morgan fingerprint density at radius 2 is 1.92 bits per heavy atom. The molecule has 1 aromatic carbocycles. The zero-order valence-corrected chi connectivity index (χ0v) is 18.4. The number of rotatable bonds is 7. The standard InChI is InChI=1S/C19H31N5O.HI/c1-4-15(5-2)12-22-19(20-3)23-13-16-6-8-17(9-7-16)24-11-10-21-18(25)14-24;/h6-9,15H,4-5,10-14H2,1-3H3,(H,21,25)(H2,20,22,23);1H. The summed E-state index contributed by atoms with van der Waals surface area (Å²) in [6.45, 7) is 8.12. The molecular formula is C19H32IN5O. The topological polar surface area (TPSA) is 68.8 Å². The third kappa shape index (κ3) is 7.01. The van der Waals surface area contributed by atoms with Crippen molar-refractivity contribution in [2.75, 3.05) is 38.1 Å². The van der Waals surface area contributed by atoms with E-state index in [0.29, 0.717) is 19.0 Å². The average molecular weight is 473 g/mol. The SMILES string of the molecule is CCC(CC)CNC(=NC)NCc1ccc(N2CCNC(=O)C2)cc1.I. The highest BCUT2D eigenvalue weighted by Crippen LogP contribution is 2.16. The molecule has 1 aliphatic rings. The number of hydrogen-bond acceptors (Lipinski definition) is 3. The van der Waals surface area contributed by atoms with Crippen molar-refractivity contribution in [1.29, 1.82) is 0 Å². The Labute approximate surface area is 174 Å². The number of piperazine rings is 1. The second-order valence-electron chi connectivity index (χ2n) is 6.43. The Hall–Kier alpha value is -1.51. The quantitative estimate of drug-likeness (QED) is 0.323. The second-order valence-corrected chi connectivity index (χ2v) is 6.43. The summed E-state index contributed by atoms with van der Waals surface area (Å²) in [5.41, 5.74) is 2.28. The van der Waals surface area contributed by atoms with Gasteiger partial charge in [0.05, 0.1) is 6.54 Å². The minimum atomic E-state index is 0. The van der Waals surface area contributed by atoms with Gasteiger partial charge in [-0.15, -0.1) is 24.0 Å². The van der Waals surface area contributed by atoms with E-state index in [1.54, 1.807) is 7.05 Å². The van der Waals surface area contributed by atoms with Crippen LogP contribution in [0.15, 0.2) is 29.3 Å². The maximum Gasteiger partial charge on any atom is 0.239 e. The number of guanidine groups is 1. The molecule has 0 spiro atoms. The molecule has 2 rings (SSSR count). The number of nitrogens with zero attached hydrogens (tertiary/aromatic N) is 2. The molecule has 0 bridgehead atoms. The Morgan fingerprint density at radius 3 is 2.50 bits per heavy atom. The molecule has 1 heterocycles. The predicted molar refractivity (Wildman–Crippen MR) is 119 cm³/mol. The van der Waals surface area contributed by atoms with Crippen molar-refractivity contribution < 1.29 is 4.79 Å². The fourth-order valence-electron chi connectivity index (χ4n) is 2.91. The first-order valence-electron chi connectivity index (χ1n) is 9.21. The molecule has 1 fully saturated rings. The van der Waals surface area contributed by atoms with Crippen molar-refractivity contribution >= 4 is 41.5 Å². The number of carbonyl (C=O) groups is 1. The summed E-state index contributed by atoms with van der Waals surface area (Å²) < 4.78 is 0. The first-order chi connectivity index (χ1) is 12.2. The van der Waals surface area contributed by atoms with Gasteiger partial charge in [0.1, 0.15) is 0 Å². The normalized spacial score (nSPS) is 14.7. The molecule has 3 N–H and O–H groups in total. The minimum absolute atomic E-state index is 0. The van der Waals surface area contributed by atoms with Gasteiger partial charge in [-0.25, -0.2) is 0 Å². The van der Waals surface area contributed by atoms with Crippen molar-refractivity contribution in [2.45, 2.75) is 33.2 Å². The molecule has 6 nitrogen and oxygen atoms in total. The Kier molecular flexibility index (Phi) is 10.4. The van der Waals surface area contributed by atoms with Crippen molar-refractivity contribution in [1.82, 2.24) is 16.0 Å². The number of aliphatic imine (C=N–C) groups is 1. The third-order valence-corrected chi connectivity index (χ3v) is 4.74. The molecule has 0 atom stereocenters. The monoisotopic (exact) mass is 473 g/mol. The van der Waals surface area contributed by atoms with Crippen LogP contribution in [0.5, 0.6) is 0 Å². The van der Waals surface area contributed by atoms with Gasteiger partial charge in [-0.05, 0) is 23.6 Å². The molecule has 7 heteroatoms. The first-order valence-corrected chi connectivity index (χ1v) is 9.21. The molecule has 1 aliphatic heterocycles. The van der Waals surface area contributed by atoms with E-state index in [0.717, 1.165) is 31.3 Å². The van der Waals surface area contributed by atoms with Gasteiger partial charge >= 0.3 is 0 Å². The maximum absolute atomic E-state index is 11.5. The van der Waals surface area contributed by atoms with E-state index in [1.807, 2.05) is 0 Å². The van der Waals surface area contributed by atoms with Crippen LogP contribution in [0.25, 0.3) is 0 Å². The number of hydrogen-bond donors (Lipinski definition) is 3. The van der Waals surface area contributed by atoms with Crippen molar-refractivity contribution in [3.63, 3.8) is 0 Å². The largest absolute Gasteiger partial charge is 0.360 e. The summed E-state index contributed by atoms with van der Waals surface area (Å²) in [5.74, 6) is 1.60. The van der Waals surface area contributed by atoms with Gasteiger partial charge in [-0.1, -0.05) is 38.8 Å². The van der Waals surface area contributed by atoms with Crippen LogP contribution in [0.2, 0.25) is 0 Å². The zero-order chi connectivity index (χ0) is 18.1. The van der Waals surface area contributed by atoms with Crippen LogP contribution in [0.4, 0.5) is 5.69 Å². The van der Waals surface area contributed by atoms with Gasteiger partial charge < -0.3 is 20.9 Å². The number of amides is 1. The van der Waals surface area contributed by atoms with E-state index < -0.39 is 0 Å². The lowest BCUT2D eigenvalue weighted by Gasteiger charge is -2.28. The summed E-state index contributed by atoms with van der Waals surface area (Å²) in [4.78, 5) is 17.9. The Bertz CT molecular complexity index is 572. The number of anilines is 1. The molecule has 0 unspecified atom stereocenters. The van der Waals surface area contributed by atoms with Crippen molar-refractivity contribution in [2.24, 2.45) is 10.9 Å². The summed E-state index contributed by atoms with van der Waals surface area (Å²) in [5, 5.41) is 9.60. The Balaban J connectivity index is 0.00000338. The van der Waals surface area contributed by atoms with Gasteiger partial charge in [0.2, 0.25) is 5.91 Å². The van der Waals surface area contributed by atoms with Crippen LogP contribution < -0.4 is 20.9 Å². The molecule has 0 aromatic heterocycles. The summed E-state index contributed by atoms with van der Waals surface area (Å²) in [7, 11) is 1.80. The van der Waals surface area contributed by atoms with Crippen LogP contribution in [0.1, 0.15) is 32.3 Å². The number of benzene rings is 1. The lowest BCUT2D eigenvalue weighted by atomic mass is 10.0. The van der Waals surface area contributed by atoms with Crippen LogP contribution in [-0.2, 0) is 11.3 Å². The van der Waals surface area contributed by atoms with Crippen molar-refractivity contribution in [3.05, 3.63) is 29.8 Å². The molecule has 0 aliphatic carbocycles. The van der Waals surface area contributed by atoms with E-state index >= 15 is 0 Å². The van der Waals surface area contributed by atoms with E-state index in [4.69, 9.17) is 0 Å². The lowest BCUT2D eigenvalue weighted by Crippen LogP contribution is -2.47. The number of carbonyl (C=O) groups excluding carboxylic acids is 1. The molecule has 0 radical (unpaired) electrons. The fourth-order valence-corrected chi connectivity index (χ4v) is 2.91. The maximum atomic E-state index is 11.5. The van der Waals surface area contributed by atoms with Gasteiger partial charge in [0.25, 0.3) is 0 Å². The number of halogens is 1. The van der Waals surface area contributed by atoms with Crippen LogP contribution in [0, 0.1) is 5.92 Å². The molecule has 26 heavy (non-hydrogen) atoms. The summed E-state index contributed by atoms with van der Waals surface area (Å²) in [6, 6.07) is 8.36. The van der Waals surface area contributed by atoms with E-state index in [2.05, 4.69) is 64.0 Å². The molecular weight excluding hydrogens is 441 g/mol. The molecule has 1 saturated heterocycles. The van der Waals surface area contributed by atoms with E-state index in [1.165, 1.54) is 18.4 Å². The third-order valence-electron chi connectivity index (χ3n) is 4.74. The van der Waals surface area contributed by atoms with Crippen LogP contribution >= 0.6 is 24.0 Å². The predicted octanol–water partition coefficient (Wildman–Crippen LogP) is 2.34. The minimum Gasteiger partial charge on any atom is -0.360 e. The highest BCUT2D eigenvalue weighted by molar-refractivity contribution is 14.0. The zero-order valence-electron chi connectivity index (χ0n) is 16.0. The summed E-state index contributed by atoms with van der Waals surface area (Å²) in [6.07, 6.45) is 2.35. The lowest BCUT2D eigenvalue weighted by molar-refractivity contribution is -0.120. The van der Waals surface area contributed by atoms with Gasteiger partial charge in [0, 0.05) is 38.9 Å². The average Bonchev–Trinajstić information content (AvgIpc) is 2.65. The first kappa shape index (κ1) is 22.5. The van der Waals surface area contributed by atoms with Crippen LogP contribution in [0.3, 0.4) is 0 Å². The highest BCUT2D eigenvalue weighted by Gasteiger charge is 2.16. The van der Waals surface area contributed by atoms with E-state index in [9.17, 15) is 4.79 Å². The van der Waals surface area contributed by atoms with Gasteiger partial charge in [0.15, 0.2) is 5.96 Å². The van der Waals surface area contributed by atoms with Crippen molar-refractivity contribution in [3.8, 4) is 0 Å². The van der Waals surface area contributed by atoms with Gasteiger partial charge in [-0.2, -0.15) is 0 Å².